The lowest BCUT2D eigenvalue weighted by molar-refractivity contribution is 0.445. The first-order valence-corrected chi connectivity index (χ1v) is 5.59. The molecule has 0 fully saturated rings. The molecule has 0 amide bonds. The Hall–Kier alpha value is -0.670. The summed E-state index contributed by atoms with van der Waals surface area (Å²) >= 11 is -1.33. The van der Waals surface area contributed by atoms with Gasteiger partial charge in [-0.3, -0.25) is 4.18 Å². The van der Waals surface area contributed by atoms with E-state index in [2.05, 4.69) is 20.8 Å². The van der Waals surface area contributed by atoms with Crippen LogP contribution in [0.3, 0.4) is 0 Å². The largest absolute Gasteiger partial charge is 0.290 e. The molecule has 0 saturated carbocycles. The minimum atomic E-state index is -1.33. The van der Waals surface area contributed by atoms with Gasteiger partial charge in [0.05, 0.1) is 12.0 Å². The average molecular weight is 212 g/mol. The van der Waals surface area contributed by atoms with E-state index in [4.69, 9.17) is 4.18 Å². The summed E-state index contributed by atoms with van der Waals surface area (Å²) in [6.07, 6.45) is 0. The standard InChI is InChI=1S/C11H16O2S/c1-11(2,3)9-5-7-10(8-6-9)14(12)13-4/h5-8H,1-4H3. The van der Waals surface area contributed by atoms with Gasteiger partial charge in [0.15, 0.2) is 11.1 Å². The summed E-state index contributed by atoms with van der Waals surface area (Å²) in [5, 5.41) is 0. The van der Waals surface area contributed by atoms with Gasteiger partial charge in [-0.05, 0) is 23.1 Å². The van der Waals surface area contributed by atoms with Crippen LogP contribution in [0.25, 0.3) is 0 Å². The van der Waals surface area contributed by atoms with Crippen LogP contribution in [0.1, 0.15) is 26.3 Å². The van der Waals surface area contributed by atoms with Crippen LogP contribution < -0.4 is 0 Å². The summed E-state index contributed by atoms with van der Waals surface area (Å²) in [7, 11) is 1.44. The zero-order valence-electron chi connectivity index (χ0n) is 9.03. The molecule has 1 unspecified atom stereocenters. The minimum absolute atomic E-state index is 0.132. The van der Waals surface area contributed by atoms with E-state index in [1.807, 2.05) is 24.3 Å². The molecule has 0 aliphatic carbocycles. The Bertz CT molecular complexity index is 322. The van der Waals surface area contributed by atoms with Crippen LogP contribution >= 0.6 is 0 Å². The van der Waals surface area contributed by atoms with Crippen molar-refractivity contribution in [3.8, 4) is 0 Å². The topological polar surface area (TPSA) is 26.3 Å². The lowest BCUT2D eigenvalue weighted by Crippen LogP contribution is -2.10. The molecule has 0 heterocycles. The Balaban J connectivity index is 2.95. The highest BCUT2D eigenvalue weighted by molar-refractivity contribution is 7.80. The normalized spacial score (nSPS) is 14.0. The van der Waals surface area contributed by atoms with E-state index in [0.717, 1.165) is 0 Å². The molecule has 14 heavy (non-hydrogen) atoms. The molecule has 78 valence electrons. The van der Waals surface area contributed by atoms with Crippen molar-refractivity contribution in [1.29, 1.82) is 0 Å². The lowest BCUT2D eigenvalue weighted by Gasteiger charge is -2.18. The van der Waals surface area contributed by atoms with Crippen molar-refractivity contribution in [2.24, 2.45) is 0 Å². The van der Waals surface area contributed by atoms with Gasteiger partial charge in [-0.15, -0.1) is 0 Å². The van der Waals surface area contributed by atoms with Crippen molar-refractivity contribution in [2.75, 3.05) is 7.11 Å². The van der Waals surface area contributed by atoms with Crippen LogP contribution in [-0.4, -0.2) is 11.3 Å². The molecule has 1 aromatic carbocycles. The zero-order chi connectivity index (χ0) is 10.8. The van der Waals surface area contributed by atoms with Gasteiger partial charge in [-0.1, -0.05) is 32.9 Å². The van der Waals surface area contributed by atoms with Gasteiger partial charge < -0.3 is 0 Å². The van der Waals surface area contributed by atoms with E-state index >= 15 is 0 Å². The Morgan fingerprint density at radius 2 is 1.64 bits per heavy atom. The summed E-state index contributed by atoms with van der Waals surface area (Å²) < 4.78 is 16.0. The molecule has 1 aromatic rings. The molecule has 1 atom stereocenters. The predicted octanol–water partition coefficient (Wildman–Crippen LogP) is 2.65. The van der Waals surface area contributed by atoms with E-state index in [9.17, 15) is 4.21 Å². The highest BCUT2D eigenvalue weighted by Crippen LogP contribution is 2.22. The molecule has 3 heteroatoms. The summed E-state index contributed by atoms with van der Waals surface area (Å²) in [6, 6.07) is 7.68. The van der Waals surface area contributed by atoms with Gasteiger partial charge in [-0.2, -0.15) is 0 Å². The second-order valence-corrected chi connectivity index (χ2v) is 5.45. The second kappa shape index (κ2) is 4.24. The Morgan fingerprint density at radius 1 is 1.14 bits per heavy atom. The van der Waals surface area contributed by atoms with Crippen molar-refractivity contribution in [2.45, 2.75) is 31.1 Å². The maximum absolute atomic E-state index is 11.3. The van der Waals surface area contributed by atoms with Crippen LogP contribution in [0.5, 0.6) is 0 Å². The lowest BCUT2D eigenvalue weighted by atomic mass is 9.87. The Kier molecular flexibility index (Phi) is 3.45. The van der Waals surface area contributed by atoms with Crippen molar-refractivity contribution in [1.82, 2.24) is 0 Å². The maximum Gasteiger partial charge on any atom is 0.188 e. The average Bonchev–Trinajstić information content (AvgIpc) is 2.15. The third kappa shape index (κ3) is 2.66. The summed E-state index contributed by atoms with van der Waals surface area (Å²) in [6.45, 7) is 6.44. The van der Waals surface area contributed by atoms with Crippen LogP contribution in [0.2, 0.25) is 0 Å². The molecular weight excluding hydrogens is 196 g/mol. The van der Waals surface area contributed by atoms with E-state index in [1.165, 1.54) is 12.7 Å². The highest BCUT2D eigenvalue weighted by atomic mass is 32.2. The fraction of sp³-hybridized carbons (Fsp3) is 0.455. The SMILES string of the molecule is COS(=O)c1ccc(C(C)(C)C)cc1. The Labute approximate surface area is 88.0 Å². The number of hydrogen-bond donors (Lipinski definition) is 0. The maximum atomic E-state index is 11.3. The Morgan fingerprint density at radius 3 is 2.00 bits per heavy atom. The summed E-state index contributed by atoms with van der Waals surface area (Å²) in [5.41, 5.74) is 1.36. The summed E-state index contributed by atoms with van der Waals surface area (Å²) in [4.78, 5) is 0.709. The number of benzene rings is 1. The smallest absolute Gasteiger partial charge is 0.188 e. The van der Waals surface area contributed by atoms with Crippen LogP contribution in [0.15, 0.2) is 29.2 Å². The van der Waals surface area contributed by atoms with Crippen molar-refractivity contribution >= 4 is 11.1 Å². The molecule has 0 saturated heterocycles. The minimum Gasteiger partial charge on any atom is -0.290 e. The van der Waals surface area contributed by atoms with Gasteiger partial charge >= 0.3 is 0 Å². The van der Waals surface area contributed by atoms with E-state index in [1.54, 1.807) is 0 Å². The van der Waals surface area contributed by atoms with E-state index in [0.29, 0.717) is 4.90 Å². The van der Waals surface area contributed by atoms with Crippen molar-refractivity contribution < 1.29 is 8.39 Å². The fourth-order valence-electron chi connectivity index (χ4n) is 1.16. The highest BCUT2D eigenvalue weighted by Gasteiger charge is 2.13. The van der Waals surface area contributed by atoms with Gasteiger partial charge in [0.1, 0.15) is 0 Å². The third-order valence-electron chi connectivity index (χ3n) is 2.06. The predicted molar refractivity (Wildman–Crippen MR) is 58.6 cm³/mol. The quantitative estimate of drug-likeness (QED) is 0.753. The van der Waals surface area contributed by atoms with E-state index < -0.39 is 11.1 Å². The molecule has 1 rings (SSSR count). The van der Waals surface area contributed by atoms with E-state index in [-0.39, 0.29) is 5.41 Å². The molecule has 0 spiro atoms. The molecule has 0 aliphatic heterocycles. The van der Waals surface area contributed by atoms with Gasteiger partial charge in [0, 0.05) is 0 Å². The van der Waals surface area contributed by atoms with Crippen molar-refractivity contribution in [3.63, 3.8) is 0 Å². The zero-order valence-corrected chi connectivity index (χ0v) is 9.85. The fourth-order valence-corrected chi connectivity index (χ4v) is 1.71. The monoisotopic (exact) mass is 212 g/mol. The molecule has 0 radical (unpaired) electrons. The second-order valence-electron chi connectivity index (χ2n) is 4.18. The van der Waals surface area contributed by atoms with Gasteiger partial charge in [0.25, 0.3) is 0 Å². The first kappa shape index (κ1) is 11.4. The molecule has 0 N–H and O–H groups in total. The third-order valence-corrected chi connectivity index (χ3v) is 3.02. The first-order chi connectivity index (χ1) is 6.45. The van der Waals surface area contributed by atoms with Gasteiger partial charge in [-0.25, -0.2) is 4.21 Å². The molecule has 0 aliphatic rings. The first-order valence-electron chi connectivity index (χ1n) is 4.52. The molecule has 0 bridgehead atoms. The number of hydrogen-bond acceptors (Lipinski definition) is 2. The van der Waals surface area contributed by atoms with Crippen LogP contribution in [-0.2, 0) is 20.7 Å². The number of rotatable bonds is 2. The molecule has 2 nitrogen and oxygen atoms in total. The van der Waals surface area contributed by atoms with Gasteiger partial charge in [0.2, 0.25) is 0 Å². The van der Waals surface area contributed by atoms with Crippen LogP contribution in [0, 0.1) is 0 Å². The molecule has 0 aromatic heterocycles. The summed E-state index contributed by atoms with van der Waals surface area (Å²) in [5.74, 6) is 0. The van der Waals surface area contributed by atoms with Crippen molar-refractivity contribution in [3.05, 3.63) is 29.8 Å². The molecular formula is C11H16O2S. The van der Waals surface area contributed by atoms with Crippen LogP contribution in [0.4, 0.5) is 0 Å².